The lowest BCUT2D eigenvalue weighted by Crippen LogP contribution is -2.14. The van der Waals surface area contributed by atoms with Crippen LogP contribution in [0.3, 0.4) is 0 Å². The highest BCUT2D eigenvalue weighted by atomic mass is 35.5. The lowest BCUT2D eigenvalue weighted by atomic mass is 10.2. The number of benzene rings is 2. The van der Waals surface area contributed by atoms with Gasteiger partial charge in [0.1, 0.15) is 4.90 Å². The van der Waals surface area contributed by atoms with E-state index in [-0.39, 0.29) is 15.5 Å². The number of hydrogen-bond donors (Lipinski definition) is 1. The maximum absolute atomic E-state index is 12.4. The first-order valence-corrected chi connectivity index (χ1v) is 8.17. The maximum Gasteiger partial charge on any atom is 0.337 e. The Balaban J connectivity index is 2.40. The van der Waals surface area contributed by atoms with Crippen LogP contribution in [0.5, 0.6) is 0 Å². The third-order valence-corrected chi connectivity index (χ3v) is 4.81. The van der Waals surface area contributed by atoms with Crippen molar-refractivity contribution in [2.75, 3.05) is 11.8 Å². The zero-order chi connectivity index (χ0) is 16.3. The minimum absolute atomic E-state index is 0.0206. The molecule has 0 aliphatic heterocycles. The second kappa shape index (κ2) is 6.37. The zero-order valence-corrected chi connectivity index (χ0v) is 13.5. The van der Waals surface area contributed by atoms with Gasteiger partial charge in [0, 0.05) is 5.69 Å². The first kappa shape index (κ1) is 16.3. The fourth-order valence-electron chi connectivity index (χ4n) is 1.79. The first-order valence-electron chi connectivity index (χ1n) is 6.31. The van der Waals surface area contributed by atoms with Gasteiger partial charge in [-0.05, 0) is 37.3 Å². The maximum atomic E-state index is 12.4. The summed E-state index contributed by atoms with van der Waals surface area (Å²) in [5.41, 5.74) is 1.52. The number of halogens is 1. The summed E-state index contributed by atoms with van der Waals surface area (Å²) in [6.45, 7) is 1.90. The summed E-state index contributed by atoms with van der Waals surface area (Å²) in [4.78, 5) is 11.3. The highest BCUT2D eigenvalue weighted by Crippen LogP contribution is 2.25. The van der Waals surface area contributed by atoms with Crippen LogP contribution >= 0.6 is 11.6 Å². The molecule has 0 radical (unpaired) electrons. The molecule has 5 nitrogen and oxygen atoms in total. The summed E-state index contributed by atoms with van der Waals surface area (Å²) in [7, 11) is -2.69. The van der Waals surface area contributed by atoms with Crippen molar-refractivity contribution in [3.05, 3.63) is 58.6 Å². The Labute approximate surface area is 133 Å². The molecule has 7 heteroatoms. The van der Waals surface area contributed by atoms with Gasteiger partial charge in [0.2, 0.25) is 0 Å². The van der Waals surface area contributed by atoms with Crippen molar-refractivity contribution in [1.29, 1.82) is 0 Å². The molecule has 0 atom stereocenters. The van der Waals surface area contributed by atoms with E-state index in [0.717, 1.165) is 5.56 Å². The molecule has 0 saturated heterocycles. The van der Waals surface area contributed by atoms with Gasteiger partial charge in [0.15, 0.2) is 0 Å². The van der Waals surface area contributed by atoms with Crippen LogP contribution in [0.1, 0.15) is 15.9 Å². The molecular weight excluding hydrogens is 326 g/mol. The van der Waals surface area contributed by atoms with Crippen LogP contribution in [0.4, 0.5) is 5.69 Å². The fourth-order valence-corrected chi connectivity index (χ4v) is 3.37. The number of anilines is 1. The Bertz CT molecular complexity index is 801. The number of carbonyl (C=O) groups is 1. The van der Waals surface area contributed by atoms with Crippen molar-refractivity contribution in [2.24, 2.45) is 0 Å². The van der Waals surface area contributed by atoms with Gasteiger partial charge in [-0.15, -0.1) is 0 Å². The minimum Gasteiger partial charge on any atom is -0.465 e. The van der Waals surface area contributed by atoms with Crippen molar-refractivity contribution in [2.45, 2.75) is 11.8 Å². The van der Waals surface area contributed by atoms with Crippen molar-refractivity contribution < 1.29 is 17.9 Å². The van der Waals surface area contributed by atoms with Gasteiger partial charge in [0.05, 0.1) is 17.7 Å². The molecule has 2 rings (SSSR count). The van der Waals surface area contributed by atoms with E-state index in [0.29, 0.717) is 5.69 Å². The van der Waals surface area contributed by atoms with E-state index in [2.05, 4.69) is 9.46 Å². The largest absolute Gasteiger partial charge is 0.465 e. The number of esters is 1. The summed E-state index contributed by atoms with van der Waals surface area (Å²) in [6.07, 6.45) is 0. The van der Waals surface area contributed by atoms with Gasteiger partial charge in [-0.1, -0.05) is 29.3 Å². The Morgan fingerprint density at radius 3 is 2.36 bits per heavy atom. The number of hydrogen-bond acceptors (Lipinski definition) is 4. The topological polar surface area (TPSA) is 72.5 Å². The number of ether oxygens (including phenoxy) is 1. The van der Waals surface area contributed by atoms with Crippen molar-refractivity contribution in [3.63, 3.8) is 0 Å². The number of sulfonamides is 1. The molecule has 0 aliphatic rings. The predicted molar refractivity (Wildman–Crippen MR) is 84.8 cm³/mol. The molecule has 0 heterocycles. The highest BCUT2D eigenvalue weighted by molar-refractivity contribution is 7.92. The van der Waals surface area contributed by atoms with Gasteiger partial charge >= 0.3 is 5.97 Å². The lowest BCUT2D eigenvalue weighted by molar-refractivity contribution is 0.0600. The molecule has 0 aliphatic carbocycles. The van der Waals surface area contributed by atoms with E-state index in [1.165, 1.54) is 25.3 Å². The molecular formula is C15H14ClNO4S. The summed E-state index contributed by atoms with van der Waals surface area (Å²) >= 11 is 5.95. The van der Waals surface area contributed by atoms with Gasteiger partial charge in [-0.3, -0.25) is 4.72 Å². The van der Waals surface area contributed by atoms with Crippen LogP contribution in [0, 0.1) is 6.92 Å². The molecule has 0 fully saturated rings. The SMILES string of the molecule is COC(=O)c1ccc(Cl)c(S(=O)(=O)Nc2ccc(C)cc2)c1. The third kappa shape index (κ3) is 3.58. The first-order chi connectivity index (χ1) is 10.3. The average molecular weight is 340 g/mol. The quantitative estimate of drug-likeness (QED) is 0.868. The Hall–Kier alpha value is -2.05. The third-order valence-electron chi connectivity index (χ3n) is 2.95. The Morgan fingerprint density at radius 2 is 1.77 bits per heavy atom. The molecule has 0 unspecified atom stereocenters. The fraction of sp³-hybridized carbons (Fsp3) is 0.133. The molecule has 22 heavy (non-hydrogen) atoms. The second-order valence-electron chi connectivity index (χ2n) is 4.61. The summed E-state index contributed by atoms with van der Waals surface area (Å²) < 4.78 is 31.8. The summed E-state index contributed by atoms with van der Waals surface area (Å²) in [6, 6.07) is 10.8. The van der Waals surface area contributed by atoms with Gasteiger partial charge < -0.3 is 4.74 Å². The molecule has 0 saturated carbocycles. The monoisotopic (exact) mass is 339 g/mol. The van der Waals surface area contributed by atoms with E-state index in [1.54, 1.807) is 24.3 Å². The number of aryl methyl sites for hydroxylation is 1. The van der Waals surface area contributed by atoms with E-state index in [4.69, 9.17) is 11.6 Å². The molecule has 2 aromatic carbocycles. The van der Waals surface area contributed by atoms with Crippen LogP contribution in [0.25, 0.3) is 0 Å². The number of methoxy groups -OCH3 is 1. The lowest BCUT2D eigenvalue weighted by Gasteiger charge is -2.11. The van der Waals surface area contributed by atoms with Crippen molar-refractivity contribution in [1.82, 2.24) is 0 Å². The molecule has 0 amide bonds. The van der Waals surface area contributed by atoms with E-state index in [1.807, 2.05) is 6.92 Å². The second-order valence-corrected chi connectivity index (χ2v) is 6.67. The highest BCUT2D eigenvalue weighted by Gasteiger charge is 2.20. The molecule has 0 bridgehead atoms. The number of nitrogens with one attached hydrogen (secondary N) is 1. The zero-order valence-electron chi connectivity index (χ0n) is 12.0. The summed E-state index contributed by atoms with van der Waals surface area (Å²) in [5.74, 6) is -0.636. The van der Waals surface area contributed by atoms with Crippen LogP contribution in [0.2, 0.25) is 5.02 Å². The molecule has 2 aromatic rings. The Kier molecular flexibility index (Phi) is 4.73. The standard InChI is InChI=1S/C15H14ClNO4S/c1-10-3-6-12(7-4-10)17-22(19,20)14-9-11(15(18)21-2)5-8-13(14)16/h3-9,17H,1-2H3. The predicted octanol–water partition coefficient (Wildman–Crippen LogP) is 3.24. The minimum atomic E-state index is -3.91. The molecule has 0 spiro atoms. The van der Waals surface area contributed by atoms with Crippen molar-refractivity contribution >= 4 is 33.3 Å². The number of rotatable bonds is 4. The molecule has 116 valence electrons. The van der Waals surface area contributed by atoms with E-state index < -0.39 is 16.0 Å². The van der Waals surface area contributed by atoms with Crippen molar-refractivity contribution in [3.8, 4) is 0 Å². The van der Waals surface area contributed by atoms with Gasteiger partial charge in [0.25, 0.3) is 10.0 Å². The van der Waals surface area contributed by atoms with Crippen LogP contribution in [-0.2, 0) is 14.8 Å². The Morgan fingerprint density at radius 1 is 1.14 bits per heavy atom. The molecule has 0 aromatic heterocycles. The van der Waals surface area contributed by atoms with Gasteiger partial charge in [-0.25, -0.2) is 13.2 Å². The normalized spacial score (nSPS) is 11.0. The van der Waals surface area contributed by atoms with Crippen LogP contribution < -0.4 is 4.72 Å². The van der Waals surface area contributed by atoms with Gasteiger partial charge in [-0.2, -0.15) is 0 Å². The smallest absolute Gasteiger partial charge is 0.337 e. The average Bonchev–Trinajstić information content (AvgIpc) is 2.49. The van der Waals surface area contributed by atoms with E-state index >= 15 is 0 Å². The number of carbonyl (C=O) groups excluding carboxylic acids is 1. The van der Waals surface area contributed by atoms with Crippen LogP contribution in [-0.4, -0.2) is 21.5 Å². The van der Waals surface area contributed by atoms with Crippen LogP contribution in [0.15, 0.2) is 47.4 Å². The van der Waals surface area contributed by atoms with E-state index in [9.17, 15) is 13.2 Å². The summed E-state index contributed by atoms with van der Waals surface area (Å²) in [5, 5.41) is 0.0206. The molecule has 1 N–H and O–H groups in total.